The summed E-state index contributed by atoms with van der Waals surface area (Å²) in [6.07, 6.45) is 0. The largest absolute Gasteiger partial charge is 0.469 e. The quantitative estimate of drug-likeness (QED) is 0.629. The SMILES string of the molecule is S=C1OCCN1CN1CCSCC1. The summed E-state index contributed by atoms with van der Waals surface area (Å²) in [5.74, 6) is 2.50. The van der Waals surface area contributed by atoms with Crippen molar-refractivity contribution in [3.05, 3.63) is 0 Å². The Labute approximate surface area is 88.4 Å². The molecule has 13 heavy (non-hydrogen) atoms. The molecule has 0 bridgehead atoms. The normalized spacial score (nSPS) is 24.9. The van der Waals surface area contributed by atoms with Gasteiger partial charge in [-0.05, 0) is 12.2 Å². The fourth-order valence-electron chi connectivity index (χ4n) is 1.54. The molecule has 0 atom stereocenters. The average molecular weight is 218 g/mol. The number of hydrogen-bond acceptors (Lipinski definition) is 4. The third-order valence-electron chi connectivity index (χ3n) is 2.32. The van der Waals surface area contributed by atoms with Gasteiger partial charge in [0.1, 0.15) is 6.61 Å². The Balaban J connectivity index is 1.79. The molecule has 2 aliphatic heterocycles. The topological polar surface area (TPSA) is 15.7 Å². The van der Waals surface area contributed by atoms with Crippen LogP contribution in [-0.2, 0) is 4.74 Å². The smallest absolute Gasteiger partial charge is 0.260 e. The highest BCUT2D eigenvalue weighted by Crippen LogP contribution is 2.11. The molecule has 0 aliphatic carbocycles. The van der Waals surface area contributed by atoms with Crippen molar-refractivity contribution in [3.8, 4) is 0 Å². The van der Waals surface area contributed by atoms with Crippen LogP contribution >= 0.6 is 24.0 Å². The van der Waals surface area contributed by atoms with Gasteiger partial charge in [-0.25, -0.2) is 0 Å². The Morgan fingerprint density at radius 1 is 1.31 bits per heavy atom. The maximum atomic E-state index is 5.23. The lowest BCUT2D eigenvalue weighted by Crippen LogP contribution is -2.42. The van der Waals surface area contributed by atoms with E-state index >= 15 is 0 Å². The van der Waals surface area contributed by atoms with Crippen LogP contribution in [0.3, 0.4) is 0 Å². The van der Waals surface area contributed by atoms with Gasteiger partial charge in [-0.2, -0.15) is 11.8 Å². The summed E-state index contributed by atoms with van der Waals surface area (Å²) in [5.41, 5.74) is 0. The molecule has 2 heterocycles. The van der Waals surface area contributed by atoms with Crippen molar-refractivity contribution in [2.45, 2.75) is 0 Å². The molecule has 0 aromatic rings. The average Bonchev–Trinajstić information content (AvgIpc) is 2.54. The zero-order chi connectivity index (χ0) is 9.10. The van der Waals surface area contributed by atoms with Crippen LogP contribution < -0.4 is 0 Å². The number of nitrogens with zero attached hydrogens (tertiary/aromatic N) is 2. The Morgan fingerprint density at radius 3 is 2.69 bits per heavy atom. The second kappa shape index (κ2) is 4.48. The molecular formula is C8H14N2OS2. The molecule has 0 saturated carbocycles. The lowest BCUT2D eigenvalue weighted by Gasteiger charge is -2.29. The van der Waals surface area contributed by atoms with Gasteiger partial charge in [0.15, 0.2) is 0 Å². The second-order valence-corrected chi connectivity index (χ2v) is 4.82. The van der Waals surface area contributed by atoms with Crippen LogP contribution in [-0.4, -0.2) is 59.4 Å². The number of hydrogen-bond donors (Lipinski definition) is 0. The van der Waals surface area contributed by atoms with Gasteiger partial charge in [-0.1, -0.05) is 0 Å². The van der Waals surface area contributed by atoms with Crippen LogP contribution in [0.4, 0.5) is 0 Å². The van der Waals surface area contributed by atoms with Crippen LogP contribution in [0.15, 0.2) is 0 Å². The third-order valence-corrected chi connectivity index (χ3v) is 3.64. The molecular weight excluding hydrogens is 204 g/mol. The second-order valence-electron chi connectivity index (χ2n) is 3.25. The van der Waals surface area contributed by atoms with Gasteiger partial charge < -0.3 is 9.64 Å². The third kappa shape index (κ3) is 2.48. The Kier molecular flexibility index (Phi) is 3.29. The van der Waals surface area contributed by atoms with E-state index in [1.165, 1.54) is 24.6 Å². The van der Waals surface area contributed by atoms with E-state index in [1.807, 2.05) is 11.8 Å². The summed E-state index contributed by atoms with van der Waals surface area (Å²) in [4.78, 5) is 4.59. The summed E-state index contributed by atoms with van der Waals surface area (Å²) in [6, 6.07) is 0. The van der Waals surface area contributed by atoms with E-state index in [4.69, 9.17) is 17.0 Å². The molecule has 0 N–H and O–H groups in total. The Bertz CT molecular complexity index is 195. The fraction of sp³-hybridized carbons (Fsp3) is 0.875. The van der Waals surface area contributed by atoms with Gasteiger partial charge in [0, 0.05) is 24.6 Å². The highest BCUT2D eigenvalue weighted by Gasteiger charge is 2.21. The van der Waals surface area contributed by atoms with Crippen molar-refractivity contribution in [1.29, 1.82) is 0 Å². The first kappa shape index (κ1) is 9.55. The molecule has 0 amide bonds. The highest BCUT2D eigenvalue weighted by atomic mass is 32.2. The molecule has 2 aliphatic rings. The van der Waals surface area contributed by atoms with Gasteiger partial charge in [-0.3, -0.25) is 4.90 Å². The molecule has 74 valence electrons. The molecule has 0 radical (unpaired) electrons. The van der Waals surface area contributed by atoms with Gasteiger partial charge >= 0.3 is 0 Å². The molecule has 5 heteroatoms. The zero-order valence-electron chi connectivity index (χ0n) is 7.57. The van der Waals surface area contributed by atoms with Crippen LogP contribution in [0, 0.1) is 0 Å². The predicted molar refractivity (Wildman–Crippen MR) is 59.0 cm³/mol. The van der Waals surface area contributed by atoms with E-state index in [0.717, 1.165) is 19.8 Å². The van der Waals surface area contributed by atoms with Crippen LogP contribution in [0.1, 0.15) is 0 Å². The van der Waals surface area contributed by atoms with Gasteiger partial charge in [0.05, 0.1) is 13.2 Å². The van der Waals surface area contributed by atoms with Crippen molar-refractivity contribution in [2.24, 2.45) is 0 Å². The minimum absolute atomic E-state index is 0.679. The summed E-state index contributed by atoms with van der Waals surface area (Å²) >= 11 is 7.11. The van der Waals surface area contributed by atoms with E-state index < -0.39 is 0 Å². The van der Waals surface area contributed by atoms with Gasteiger partial charge in [-0.15, -0.1) is 0 Å². The molecule has 0 aromatic carbocycles. The summed E-state index contributed by atoms with van der Waals surface area (Å²) < 4.78 is 5.23. The Morgan fingerprint density at radius 2 is 2.08 bits per heavy atom. The highest BCUT2D eigenvalue weighted by molar-refractivity contribution is 7.99. The molecule has 0 unspecified atom stereocenters. The first-order valence-corrected chi connectivity index (χ1v) is 6.14. The van der Waals surface area contributed by atoms with E-state index in [0.29, 0.717) is 5.17 Å². The molecule has 2 saturated heterocycles. The van der Waals surface area contributed by atoms with E-state index in [9.17, 15) is 0 Å². The van der Waals surface area contributed by atoms with Crippen molar-refractivity contribution < 1.29 is 4.74 Å². The maximum absolute atomic E-state index is 5.23. The molecule has 2 fully saturated rings. The van der Waals surface area contributed by atoms with Crippen molar-refractivity contribution in [2.75, 3.05) is 44.4 Å². The monoisotopic (exact) mass is 218 g/mol. The first-order valence-electron chi connectivity index (χ1n) is 4.58. The number of rotatable bonds is 2. The van der Waals surface area contributed by atoms with E-state index in [-0.39, 0.29) is 0 Å². The van der Waals surface area contributed by atoms with Crippen molar-refractivity contribution >= 4 is 29.2 Å². The zero-order valence-corrected chi connectivity index (χ0v) is 9.20. The van der Waals surface area contributed by atoms with Gasteiger partial charge in [0.25, 0.3) is 5.17 Å². The van der Waals surface area contributed by atoms with Crippen LogP contribution in [0.2, 0.25) is 0 Å². The van der Waals surface area contributed by atoms with Crippen molar-refractivity contribution in [1.82, 2.24) is 9.80 Å². The molecule has 3 nitrogen and oxygen atoms in total. The van der Waals surface area contributed by atoms with E-state index in [2.05, 4.69) is 9.80 Å². The number of thioether (sulfide) groups is 1. The number of ether oxygens (including phenoxy) is 1. The lowest BCUT2D eigenvalue weighted by atomic mass is 10.5. The van der Waals surface area contributed by atoms with Crippen LogP contribution in [0.5, 0.6) is 0 Å². The standard InChI is InChI=1S/C8H14N2OS2/c12-8-10(1-4-11-8)7-9-2-5-13-6-3-9/h1-7H2. The van der Waals surface area contributed by atoms with E-state index in [1.54, 1.807) is 0 Å². The summed E-state index contributed by atoms with van der Waals surface area (Å²) in [6.45, 7) is 5.05. The molecule has 0 aromatic heterocycles. The minimum Gasteiger partial charge on any atom is -0.469 e. The maximum Gasteiger partial charge on any atom is 0.260 e. The number of thiocarbonyl (C=S) groups is 1. The fourth-order valence-corrected chi connectivity index (χ4v) is 2.75. The predicted octanol–water partition coefficient (Wildman–Crippen LogP) is 0.610. The summed E-state index contributed by atoms with van der Waals surface area (Å²) in [5, 5.41) is 0.679. The van der Waals surface area contributed by atoms with Crippen molar-refractivity contribution in [3.63, 3.8) is 0 Å². The Hall–Kier alpha value is -0.0000000000000000555. The summed E-state index contributed by atoms with van der Waals surface area (Å²) in [7, 11) is 0. The lowest BCUT2D eigenvalue weighted by molar-refractivity contribution is 0.213. The minimum atomic E-state index is 0.679. The molecule has 0 spiro atoms. The first-order chi connectivity index (χ1) is 6.36. The molecule has 2 rings (SSSR count). The van der Waals surface area contributed by atoms with Crippen LogP contribution in [0.25, 0.3) is 0 Å². The van der Waals surface area contributed by atoms with Gasteiger partial charge in [0.2, 0.25) is 0 Å².